The fourth-order valence-electron chi connectivity index (χ4n) is 2.38. The van der Waals surface area contributed by atoms with E-state index < -0.39 is 8.32 Å². The minimum Gasteiger partial charge on any atom is -0.412 e. The molecule has 0 aromatic rings. The minimum atomic E-state index is -1.74. The van der Waals surface area contributed by atoms with Gasteiger partial charge >= 0.3 is 0 Å². The molecule has 0 N–H and O–H groups in total. The summed E-state index contributed by atoms with van der Waals surface area (Å²) in [5.41, 5.74) is 0. The van der Waals surface area contributed by atoms with Gasteiger partial charge in [-0.1, -0.05) is 20.8 Å². The molecule has 2 fully saturated rings. The summed E-state index contributed by atoms with van der Waals surface area (Å²) in [4.78, 5) is 13.7. The van der Waals surface area contributed by atoms with E-state index in [1.807, 2.05) is 4.90 Å². The highest BCUT2D eigenvalue weighted by Gasteiger charge is 2.44. The maximum atomic E-state index is 11.7. The summed E-state index contributed by atoms with van der Waals surface area (Å²) in [7, 11) is -1.74. The van der Waals surface area contributed by atoms with Gasteiger partial charge in [-0.3, -0.25) is 4.79 Å². The summed E-state index contributed by atoms with van der Waals surface area (Å²) >= 11 is 0. The summed E-state index contributed by atoms with van der Waals surface area (Å²) in [5.74, 6) is 0.118. The van der Waals surface area contributed by atoms with Crippen molar-refractivity contribution in [1.29, 1.82) is 0 Å². The van der Waals surface area contributed by atoms with E-state index in [9.17, 15) is 4.79 Å². The molecule has 18 heavy (non-hydrogen) atoms. The molecule has 2 atom stereocenters. The van der Waals surface area contributed by atoms with Crippen molar-refractivity contribution in [2.75, 3.05) is 19.8 Å². The van der Waals surface area contributed by atoms with Gasteiger partial charge < -0.3 is 14.1 Å². The van der Waals surface area contributed by atoms with Crippen LogP contribution in [0.3, 0.4) is 0 Å². The number of ether oxygens (including phenoxy) is 1. The number of hydrogen-bond acceptors (Lipinski definition) is 3. The zero-order valence-corrected chi connectivity index (χ0v) is 13.2. The van der Waals surface area contributed by atoms with E-state index in [2.05, 4.69) is 33.9 Å². The van der Waals surface area contributed by atoms with E-state index in [0.717, 1.165) is 13.0 Å². The van der Waals surface area contributed by atoms with E-state index >= 15 is 0 Å². The van der Waals surface area contributed by atoms with Crippen LogP contribution in [0, 0.1) is 0 Å². The fraction of sp³-hybridized carbons (Fsp3) is 0.923. The third-order valence-electron chi connectivity index (χ3n) is 4.50. The van der Waals surface area contributed by atoms with Gasteiger partial charge in [-0.2, -0.15) is 0 Å². The molecule has 2 aliphatic heterocycles. The molecule has 5 heteroatoms. The Hall–Kier alpha value is -0.393. The number of carbonyl (C=O) groups excluding carboxylic acids is 1. The second-order valence-corrected chi connectivity index (χ2v) is 11.7. The number of fused-ring (bicyclic) bond motifs is 1. The molecule has 0 aromatic heterocycles. The highest BCUT2D eigenvalue weighted by atomic mass is 28.4. The lowest BCUT2D eigenvalue weighted by Crippen LogP contribution is -2.46. The van der Waals surface area contributed by atoms with Crippen molar-refractivity contribution in [2.45, 2.75) is 57.5 Å². The van der Waals surface area contributed by atoms with Gasteiger partial charge in [0, 0.05) is 6.54 Å². The number of hydrogen-bond donors (Lipinski definition) is 0. The topological polar surface area (TPSA) is 38.8 Å². The van der Waals surface area contributed by atoms with Crippen molar-refractivity contribution in [3.05, 3.63) is 0 Å². The molecule has 1 amide bonds. The molecule has 2 heterocycles. The minimum absolute atomic E-state index is 0.118. The average Bonchev–Trinajstić information content (AvgIpc) is 2.59. The molecule has 0 saturated carbocycles. The second-order valence-electron chi connectivity index (χ2n) is 6.95. The summed E-state index contributed by atoms with van der Waals surface area (Å²) in [6.07, 6.45) is 1.12. The van der Waals surface area contributed by atoms with Crippen LogP contribution in [-0.2, 0) is 14.0 Å². The van der Waals surface area contributed by atoms with Crippen LogP contribution in [0.5, 0.6) is 0 Å². The van der Waals surface area contributed by atoms with Gasteiger partial charge in [0.25, 0.3) is 0 Å². The number of carbonyl (C=O) groups is 1. The molecule has 0 unspecified atom stereocenters. The average molecular weight is 271 g/mol. The Morgan fingerprint density at radius 2 is 2.06 bits per heavy atom. The van der Waals surface area contributed by atoms with Gasteiger partial charge in [0.05, 0.1) is 18.8 Å². The first-order valence-corrected chi connectivity index (χ1v) is 9.66. The summed E-state index contributed by atoms with van der Waals surface area (Å²) in [6.45, 7) is 12.9. The Morgan fingerprint density at radius 3 is 2.61 bits per heavy atom. The zero-order valence-electron chi connectivity index (χ0n) is 12.2. The van der Waals surface area contributed by atoms with Crippen LogP contribution in [0.15, 0.2) is 0 Å². The number of amides is 1. The smallest absolute Gasteiger partial charge is 0.248 e. The predicted molar refractivity (Wildman–Crippen MR) is 73.0 cm³/mol. The fourth-order valence-corrected chi connectivity index (χ4v) is 3.74. The molecule has 0 spiro atoms. The highest BCUT2D eigenvalue weighted by Crippen LogP contribution is 2.39. The lowest BCUT2D eigenvalue weighted by Gasteiger charge is -2.38. The van der Waals surface area contributed by atoms with Crippen molar-refractivity contribution >= 4 is 14.2 Å². The van der Waals surface area contributed by atoms with Crippen LogP contribution < -0.4 is 0 Å². The predicted octanol–water partition coefficient (Wildman–Crippen LogP) is 2.01. The van der Waals surface area contributed by atoms with Crippen molar-refractivity contribution in [3.8, 4) is 0 Å². The first kappa shape index (κ1) is 14.0. The van der Waals surface area contributed by atoms with Crippen LogP contribution >= 0.6 is 0 Å². The van der Waals surface area contributed by atoms with Gasteiger partial charge in [-0.25, -0.2) is 0 Å². The molecule has 104 valence electrons. The van der Waals surface area contributed by atoms with Crippen LogP contribution in [0.1, 0.15) is 27.2 Å². The Balaban J connectivity index is 1.99. The maximum absolute atomic E-state index is 11.7. The van der Waals surface area contributed by atoms with Crippen molar-refractivity contribution in [3.63, 3.8) is 0 Å². The van der Waals surface area contributed by atoms with Crippen LogP contribution in [0.2, 0.25) is 18.1 Å². The van der Waals surface area contributed by atoms with E-state index in [1.165, 1.54) is 0 Å². The molecule has 0 aliphatic carbocycles. The van der Waals surface area contributed by atoms with Crippen molar-refractivity contribution in [1.82, 2.24) is 4.90 Å². The second kappa shape index (κ2) is 4.61. The first-order chi connectivity index (χ1) is 8.21. The molecular formula is C13H25NO3Si. The van der Waals surface area contributed by atoms with Crippen LogP contribution in [-0.4, -0.2) is 51.0 Å². The van der Waals surface area contributed by atoms with Crippen molar-refractivity contribution in [2.24, 2.45) is 0 Å². The Kier molecular flexibility index (Phi) is 3.60. The molecule has 4 nitrogen and oxygen atoms in total. The molecule has 2 aliphatic rings. The SMILES string of the molecule is CC(C)(C)[Si](C)(C)O[C@@H]1C[C@H]2COCC(=O)N2C1. The third-order valence-corrected chi connectivity index (χ3v) is 9.03. The van der Waals surface area contributed by atoms with E-state index in [1.54, 1.807) is 0 Å². The summed E-state index contributed by atoms with van der Waals surface area (Å²) in [5, 5.41) is 0.219. The standard InChI is InChI=1S/C13H25NO3Si/c1-13(2,3)18(4,5)17-11-6-10-8-16-9-12(15)14(10)7-11/h10-11H,6-9H2,1-5H3/t10-,11+/m0/s1. The molecule has 0 radical (unpaired) electrons. The highest BCUT2D eigenvalue weighted by molar-refractivity contribution is 6.74. The number of nitrogens with zero attached hydrogens (tertiary/aromatic N) is 1. The van der Waals surface area contributed by atoms with E-state index in [4.69, 9.17) is 9.16 Å². The number of morpholine rings is 1. The first-order valence-electron chi connectivity index (χ1n) is 6.76. The molecule has 2 saturated heterocycles. The van der Waals surface area contributed by atoms with E-state index in [0.29, 0.717) is 6.61 Å². The van der Waals surface area contributed by atoms with Gasteiger partial charge in [0.2, 0.25) is 5.91 Å². The monoisotopic (exact) mass is 271 g/mol. The van der Waals surface area contributed by atoms with Gasteiger partial charge in [0.1, 0.15) is 6.61 Å². The Labute approximate surface area is 111 Å². The van der Waals surface area contributed by atoms with Crippen LogP contribution in [0.4, 0.5) is 0 Å². The quantitative estimate of drug-likeness (QED) is 0.721. The van der Waals surface area contributed by atoms with Crippen molar-refractivity contribution < 1.29 is 14.0 Å². The van der Waals surface area contributed by atoms with Gasteiger partial charge in [0.15, 0.2) is 8.32 Å². The lowest BCUT2D eigenvalue weighted by molar-refractivity contribution is -0.145. The summed E-state index contributed by atoms with van der Waals surface area (Å²) in [6, 6.07) is 0.237. The lowest BCUT2D eigenvalue weighted by atomic mass is 10.2. The largest absolute Gasteiger partial charge is 0.412 e. The molecule has 0 bridgehead atoms. The maximum Gasteiger partial charge on any atom is 0.248 e. The Bertz CT molecular complexity index is 338. The third kappa shape index (κ3) is 2.63. The van der Waals surface area contributed by atoms with Gasteiger partial charge in [-0.05, 0) is 24.6 Å². The normalized spacial score (nSPS) is 29.6. The Morgan fingerprint density at radius 1 is 1.39 bits per heavy atom. The molecule has 2 rings (SSSR count). The number of rotatable bonds is 2. The summed E-state index contributed by atoms with van der Waals surface area (Å²) < 4.78 is 11.7. The molecule has 0 aromatic carbocycles. The zero-order chi connectivity index (χ0) is 13.6. The van der Waals surface area contributed by atoms with Crippen LogP contribution in [0.25, 0.3) is 0 Å². The molecular weight excluding hydrogens is 246 g/mol. The van der Waals surface area contributed by atoms with Gasteiger partial charge in [-0.15, -0.1) is 0 Å². The van der Waals surface area contributed by atoms with E-state index in [-0.39, 0.29) is 29.7 Å².